The number of ether oxygens (including phenoxy) is 1. The summed E-state index contributed by atoms with van der Waals surface area (Å²) in [5, 5.41) is 0. The molecule has 2 heterocycles. The fraction of sp³-hybridized carbons (Fsp3) is 0.545. The summed E-state index contributed by atoms with van der Waals surface area (Å²) < 4.78 is 18.4. The number of hydrogen-bond donors (Lipinski definition) is 1. The van der Waals surface area contributed by atoms with Crippen molar-refractivity contribution in [2.45, 2.75) is 19.1 Å². The molecule has 2 atom stereocenters. The minimum Gasteiger partial charge on any atom is -0.370 e. The van der Waals surface area contributed by atoms with Crippen molar-refractivity contribution in [2.24, 2.45) is 5.73 Å². The van der Waals surface area contributed by atoms with Crippen molar-refractivity contribution in [1.82, 2.24) is 4.98 Å². The maximum Gasteiger partial charge on any atom is 0.141 e. The van der Waals surface area contributed by atoms with Gasteiger partial charge in [0.05, 0.1) is 18.4 Å². The topological polar surface area (TPSA) is 51.4 Å². The van der Waals surface area contributed by atoms with Crippen molar-refractivity contribution in [1.29, 1.82) is 0 Å². The maximum absolute atomic E-state index is 12.7. The number of pyridine rings is 1. The third-order valence-electron chi connectivity index (χ3n) is 2.62. The van der Waals surface area contributed by atoms with E-state index in [-0.39, 0.29) is 18.0 Å². The van der Waals surface area contributed by atoms with E-state index in [0.29, 0.717) is 13.1 Å². The molecular weight excluding hydrogens is 209 g/mol. The Balaban J connectivity index is 2.11. The van der Waals surface area contributed by atoms with Crippen molar-refractivity contribution in [3.05, 3.63) is 24.1 Å². The number of anilines is 1. The molecule has 1 saturated heterocycles. The average molecular weight is 225 g/mol. The lowest BCUT2D eigenvalue weighted by Gasteiger charge is -2.37. The van der Waals surface area contributed by atoms with Gasteiger partial charge in [-0.3, -0.25) is 0 Å². The molecule has 1 aromatic rings. The highest BCUT2D eigenvalue weighted by atomic mass is 19.1. The third-order valence-corrected chi connectivity index (χ3v) is 2.62. The zero-order chi connectivity index (χ0) is 11.5. The van der Waals surface area contributed by atoms with Gasteiger partial charge in [-0.1, -0.05) is 0 Å². The smallest absolute Gasteiger partial charge is 0.141 e. The first-order valence-corrected chi connectivity index (χ1v) is 5.41. The maximum atomic E-state index is 12.7. The van der Waals surface area contributed by atoms with E-state index in [0.717, 1.165) is 12.4 Å². The van der Waals surface area contributed by atoms with Gasteiger partial charge in [0.1, 0.15) is 11.6 Å². The number of morpholine rings is 1. The largest absolute Gasteiger partial charge is 0.370 e. The predicted molar refractivity (Wildman–Crippen MR) is 59.8 cm³/mol. The zero-order valence-corrected chi connectivity index (χ0v) is 9.27. The molecule has 1 aliphatic heterocycles. The van der Waals surface area contributed by atoms with E-state index >= 15 is 0 Å². The van der Waals surface area contributed by atoms with Crippen LogP contribution in [0.1, 0.15) is 6.92 Å². The number of rotatable bonds is 2. The zero-order valence-electron chi connectivity index (χ0n) is 9.27. The summed E-state index contributed by atoms with van der Waals surface area (Å²) >= 11 is 0. The Kier molecular flexibility index (Phi) is 3.36. The second-order valence-corrected chi connectivity index (χ2v) is 4.04. The van der Waals surface area contributed by atoms with Crippen LogP contribution in [0, 0.1) is 5.82 Å². The second kappa shape index (κ2) is 4.76. The van der Waals surface area contributed by atoms with E-state index in [1.807, 2.05) is 6.92 Å². The normalized spacial score (nSPS) is 25.8. The molecule has 2 N–H and O–H groups in total. The number of nitrogens with two attached hydrogens (primary N) is 1. The third kappa shape index (κ3) is 2.48. The van der Waals surface area contributed by atoms with Gasteiger partial charge in [-0.2, -0.15) is 0 Å². The van der Waals surface area contributed by atoms with Gasteiger partial charge in [-0.25, -0.2) is 9.37 Å². The monoisotopic (exact) mass is 225 g/mol. The van der Waals surface area contributed by atoms with Crippen molar-refractivity contribution >= 4 is 5.82 Å². The minimum atomic E-state index is -0.319. The summed E-state index contributed by atoms with van der Waals surface area (Å²) in [6.07, 6.45) is 1.37. The molecule has 88 valence electrons. The summed E-state index contributed by atoms with van der Waals surface area (Å²) in [4.78, 5) is 6.13. The summed E-state index contributed by atoms with van der Waals surface area (Å²) in [6, 6.07) is 3.10. The molecule has 2 rings (SSSR count). The minimum absolute atomic E-state index is 0.0237. The van der Waals surface area contributed by atoms with Crippen molar-refractivity contribution in [2.75, 3.05) is 24.5 Å². The number of hydrogen-bond acceptors (Lipinski definition) is 4. The van der Waals surface area contributed by atoms with Crippen molar-refractivity contribution in [3.63, 3.8) is 0 Å². The molecule has 2 unspecified atom stereocenters. The fourth-order valence-electron chi connectivity index (χ4n) is 1.92. The molecule has 0 aromatic carbocycles. The molecule has 0 saturated carbocycles. The van der Waals surface area contributed by atoms with Crippen molar-refractivity contribution in [3.8, 4) is 0 Å². The van der Waals surface area contributed by atoms with Crippen LogP contribution in [0.5, 0.6) is 0 Å². The molecule has 0 bridgehead atoms. The average Bonchev–Trinajstić information content (AvgIpc) is 2.29. The molecule has 1 aliphatic rings. The van der Waals surface area contributed by atoms with Crippen LogP contribution in [0.2, 0.25) is 0 Å². The van der Waals surface area contributed by atoms with Crippen LogP contribution in [0.3, 0.4) is 0 Å². The quantitative estimate of drug-likeness (QED) is 0.808. The van der Waals surface area contributed by atoms with Gasteiger partial charge in [-0.05, 0) is 19.1 Å². The molecule has 5 heteroatoms. The molecule has 1 aromatic heterocycles. The lowest BCUT2D eigenvalue weighted by molar-refractivity contribution is -0.0107. The van der Waals surface area contributed by atoms with Gasteiger partial charge in [-0.15, -0.1) is 0 Å². The van der Waals surface area contributed by atoms with Gasteiger partial charge in [0.15, 0.2) is 0 Å². The molecule has 0 amide bonds. The van der Waals surface area contributed by atoms with Crippen LogP contribution in [0.15, 0.2) is 18.3 Å². The van der Waals surface area contributed by atoms with Crippen LogP contribution in [0.25, 0.3) is 0 Å². The molecule has 0 radical (unpaired) electrons. The Morgan fingerprint density at radius 3 is 3.00 bits per heavy atom. The number of halogens is 1. The Morgan fingerprint density at radius 1 is 1.56 bits per heavy atom. The number of aromatic nitrogens is 1. The van der Waals surface area contributed by atoms with Gasteiger partial charge >= 0.3 is 0 Å². The van der Waals surface area contributed by atoms with E-state index in [4.69, 9.17) is 10.5 Å². The SMILES string of the molecule is CC1CN(c2ccc(F)cn2)CC(CN)O1. The Hall–Kier alpha value is -1.20. The van der Waals surface area contributed by atoms with Crippen LogP contribution < -0.4 is 10.6 Å². The van der Waals surface area contributed by atoms with E-state index < -0.39 is 0 Å². The highest BCUT2D eigenvalue weighted by Gasteiger charge is 2.24. The molecular formula is C11H16FN3O. The summed E-state index contributed by atoms with van der Waals surface area (Å²) in [7, 11) is 0. The first-order valence-electron chi connectivity index (χ1n) is 5.41. The Labute approximate surface area is 94.2 Å². The lowest BCUT2D eigenvalue weighted by Crippen LogP contribution is -2.49. The molecule has 0 spiro atoms. The van der Waals surface area contributed by atoms with Crippen molar-refractivity contribution < 1.29 is 9.13 Å². The summed E-state index contributed by atoms with van der Waals surface area (Å²) in [5.74, 6) is 0.454. The van der Waals surface area contributed by atoms with Gasteiger partial charge in [0.2, 0.25) is 0 Å². The highest BCUT2D eigenvalue weighted by molar-refractivity contribution is 5.38. The van der Waals surface area contributed by atoms with E-state index in [9.17, 15) is 4.39 Å². The van der Waals surface area contributed by atoms with Gasteiger partial charge < -0.3 is 15.4 Å². The highest BCUT2D eigenvalue weighted by Crippen LogP contribution is 2.17. The molecule has 0 aliphatic carbocycles. The molecule has 1 fully saturated rings. The first kappa shape index (κ1) is 11.3. The fourth-order valence-corrected chi connectivity index (χ4v) is 1.92. The summed E-state index contributed by atoms with van der Waals surface area (Å²) in [6.45, 7) is 3.95. The van der Waals surface area contributed by atoms with Gasteiger partial charge in [0, 0.05) is 19.6 Å². The molecule has 4 nitrogen and oxygen atoms in total. The standard InChI is InChI=1S/C11H16FN3O/c1-8-6-15(7-10(4-13)16-8)11-3-2-9(12)5-14-11/h2-3,5,8,10H,4,6-7,13H2,1H3. The van der Waals surface area contributed by atoms with E-state index in [2.05, 4.69) is 9.88 Å². The van der Waals surface area contributed by atoms with Crippen LogP contribution in [0.4, 0.5) is 10.2 Å². The van der Waals surface area contributed by atoms with Crippen LogP contribution >= 0.6 is 0 Å². The van der Waals surface area contributed by atoms with Crippen LogP contribution in [-0.4, -0.2) is 36.8 Å². The second-order valence-electron chi connectivity index (χ2n) is 4.04. The van der Waals surface area contributed by atoms with Gasteiger partial charge in [0.25, 0.3) is 0 Å². The number of nitrogens with zero attached hydrogens (tertiary/aromatic N) is 2. The van der Waals surface area contributed by atoms with E-state index in [1.165, 1.54) is 12.3 Å². The Morgan fingerprint density at radius 2 is 2.38 bits per heavy atom. The van der Waals surface area contributed by atoms with Crippen LogP contribution in [-0.2, 0) is 4.74 Å². The summed E-state index contributed by atoms with van der Waals surface area (Å²) in [5.41, 5.74) is 5.60. The Bertz CT molecular complexity index is 344. The lowest BCUT2D eigenvalue weighted by atomic mass is 10.2. The first-order chi connectivity index (χ1) is 7.69. The van der Waals surface area contributed by atoms with E-state index in [1.54, 1.807) is 6.07 Å². The predicted octanol–water partition coefficient (Wildman–Crippen LogP) is 0.773. The molecule has 16 heavy (non-hydrogen) atoms.